The van der Waals surface area contributed by atoms with Gasteiger partial charge >= 0.3 is 0 Å². The van der Waals surface area contributed by atoms with Gasteiger partial charge in [0.1, 0.15) is 6.10 Å². The summed E-state index contributed by atoms with van der Waals surface area (Å²) in [6, 6.07) is 5.53. The van der Waals surface area contributed by atoms with Crippen LogP contribution in [-0.2, 0) is 0 Å². The minimum Gasteiger partial charge on any atom is -0.493 e. The molecule has 24 heavy (non-hydrogen) atoms. The zero-order valence-electron chi connectivity index (χ0n) is 13.6. The fourth-order valence-electron chi connectivity index (χ4n) is 2.70. The molecule has 0 N–H and O–H groups in total. The summed E-state index contributed by atoms with van der Waals surface area (Å²) in [5.74, 6) is 1.82. The van der Waals surface area contributed by atoms with Crippen LogP contribution in [0.3, 0.4) is 0 Å². The van der Waals surface area contributed by atoms with E-state index in [2.05, 4.69) is 8.75 Å². The molecular formula is C16H19N3O4S. The van der Waals surface area contributed by atoms with Gasteiger partial charge in [-0.1, -0.05) is 6.07 Å². The maximum atomic E-state index is 12.3. The highest BCUT2D eigenvalue weighted by atomic mass is 32.1. The number of piperidine rings is 1. The Kier molecular flexibility index (Phi) is 5.14. The number of aromatic nitrogens is 2. The Labute approximate surface area is 144 Å². The van der Waals surface area contributed by atoms with Crippen molar-refractivity contribution in [1.29, 1.82) is 0 Å². The number of likely N-dealkylation sites (tertiary alicyclic amines) is 1. The summed E-state index contributed by atoms with van der Waals surface area (Å²) in [5, 5.41) is 0. The molecule has 1 saturated heterocycles. The molecule has 2 aromatic rings. The smallest absolute Gasteiger partial charge is 0.275 e. The van der Waals surface area contributed by atoms with Crippen molar-refractivity contribution in [2.45, 2.75) is 18.9 Å². The van der Waals surface area contributed by atoms with Crippen molar-refractivity contribution < 1.29 is 19.0 Å². The molecule has 128 valence electrons. The summed E-state index contributed by atoms with van der Waals surface area (Å²) in [6.07, 6.45) is 3.00. The van der Waals surface area contributed by atoms with Crippen LogP contribution in [0.1, 0.15) is 23.3 Å². The minimum absolute atomic E-state index is 0.00723. The molecule has 1 fully saturated rings. The number of ether oxygens (including phenoxy) is 3. The molecule has 0 bridgehead atoms. The highest BCUT2D eigenvalue weighted by Gasteiger charge is 2.27. The monoisotopic (exact) mass is 349 g/mol. The molecule has 0 unspecified atom stereocenters. The van der Waals surface area contributed by atoms with Gasteiger partial charge < -0.3 is 19.1 Å². The number of nitrogens with zero attached hydrogens (tertiary/aromatic N) is 3. The van der Waals surface area contributed by atoms with Crippen LogP contribution in [0.4, 0.5) is 0 Å². The van der Waals surface area contributed by atoms with Crippen molar-refractivity contribution in [2.75, 3.05) is 27.3 Å². The highest BCUT2D eigenvalue weighted by Crippen LogP contribution is 2.38. The molecule has 0 spiro atoms. The van der Waals surface area contributed by atoms with Crippen LogP contribution in [0.25, 0.3) is 0 Å². The Hall–Kier alpha value is -2.35. The number of carbonyl (C=O) groups excluding carboxylic acids is 1. The Morgan fingerprint density at radius 1 is 1.21 bits per heavy atom. The second-order valence-electron chi connectivity index (χ2n) is 5.39. The first-order valence-corrected chi connectivity index (χ1v) is 8.40. The Bertz CT molecular complexity index is 662. The van der Waals surface area contributed by atoms with Crippen molar-refractivity contribution in [3.05, 3.63) is 30.1 Å². The number of para-hydroxylation sites is 1. The van der Waals surface area contributed by atoms with Crippen LogP contribution in [-0.4, -0.2) is 53.0 Å². The van der Waals surface area contributed by atoms with Crippen LogP contribution in [0.2, 0.25) is 0 Å². The molecule has 1 amide bonds. The largest absolute Gasteiger partial charge is 0.493 e. The summed E-state index contributed by atoms with van der Waals surface area (Å²) >= 11 is 1.04. The molecule has 2 heterocycles. The maximum absolute atomic E-state index is 12.3. The molecule has 1 aromatic carbocycles. The van der Waals surface area contributed by atoms with E-state index in [4.69, 9.17) is 14.2 Å². The summed E-state index contributed by atoms with van der Waals surface area (Å²) < 4.78 is 24.7. The third-order valence-corrected chi connectivity index (χ3v) is 4.45. The van der Waals surface area contributed by atoms with Crippen molar-refractivity contribution in [3.63, 3.8) is 0 Å². The van der Waals surface area contributed by atoms with Crippen LogP contribution < -0.4 is 14.2 Å². The highest BCUT2D eigenvalue weighted by molar-refractivity contribution is 6.99. The quantitative estimate of drug-likeness (QED) is 0.824. The van der Waals surface area contributed by atoms with Crippen LogP contribution in [0.5, 0.6) is 17.2 Å². The topological polar surface area (TPSA) is 73.8 Å². The van der Waals surface area contributed by atoms with Gasteiger partial charge in [0, 0.05) is 25.9 Å². The molecule has 1 aromatic heterocycles. The van der Waals surface area contributed by atoms with Gasteiger partial charge in [-0.2, -0.15) is 8.75 Å². The SMILES string of the molecule is COc1cccc(OC)c1OC1CCN(C(=O)c2cnsn2)CC1. The zero-order chi connectivity index (χ0) is 16.9. The number of methoxy groups -OCH3 is 2. The lowest BCUT2D eigenvalue weighted by Gasteiger charge is -2.32. The lowest BCUT2D eigenvalue weighted by atomic mass is 10.1. The van der Waals surface area contributed by atoms with Crippen LogP contribution in [0, 0.1) is 0 Å². The molecule has 3 rings (SSSR count). The van der Waals surface area contributed by atoms with E-state index < -0.39 is 0 Å². The Morgan fingerprint density at radius 2 is 1.88 bits per heavy atom. The third kappa shape index (κ3) is 3.43. The summed E-state index contributed by atoms with van der Waals surface area (Å²) in [7, 11) is 3.20. The summed E-state index contributed by atoms with van der Waals surface area (Å²) in [5.41, 5.74) is 0.408. The zero-order valence-corrected chi connectivity index (χ0v) is 14.4. The van der Waals surface area contributed by atoms with Crippen molar-refractivity contribution in [1.82, 2.24) is 13.6 Å². The molecule has 1 aliphatic heterocycles. The van der Waals surface area contributed by atoms with Gasteiger partial charge in [0.25, 0.3) is 5.91 Å². The fourth-order valence-corrected chi connectivity index (χ4v) is 3.10. The van der Waals surface area contributed by atoms with E-state index in [0.717, 1.165) is 24.6 Å². The van der Waals surface area contributed by atoms with Gasteiger partial charge in [0.15, 0.2) is 17.2 Å². The summed E-state index contributed by atoms with van der Waals surface area (Å²) in [4.78, 5) is 14.1. The van der Waals surface area contributed by atoms with Gasteiger partial charge in [-0.15, -0.1) is 0 Å². The normalized spacial score (nSPS) is 15.2. The average molecular weight is 349 g/mol. The summed E-state index contributed by atoms with van der Waals surface area (Å²) in [6.45, 7) is 1.25. The fraction of sp³-hybridized carbons (Fsp3) is 0.438. The molecule has 0 radical (unpaired) electrons. The van der Waals surface area contributed by atoms with Gasteiger partial charge in [-0.25, -0.2) is 0 Å². The lowest BCUT2D eigenvalue weighted by molar-refractivity contribution is 0.0580. The predicted octanol–water partition coefficient (Wildman–Crippen LogP) is 2.24. The lowest BCUT2D eigenvalue weighted by Crippen LogP contribution is -2.42. The molecule has 0 saturated carbocycles. The van der Waals surface area contributed by atoms with E-state index in [-0.39, 0.29) is 12.0 Å². The number of rotatable bonds is 5. The second kappa shape index (κ2) is 7.48. The third-order valence-electron chi connectivity index (χ3n) is 3.98. The van der Waals surface area contributed by atoms with E-state index in [9.17, 15) is 4.79 Å². The van der Waals surface area contributed by atoms with Crippen molar-refractivity contribution in [2.24, 2.45) is 0 Å². The van der Waals surface area contributed by atoms with E-state index in [0.29, 0.717) is 36.0 Å². The standard InChI is InChI=1S/C16H19N3O4S/c1-21-13-4-3-5-14(22-2)15(13)23-11-6-8-19(9-7-11)16(20)12-10-17-24-18-12/h3-5,10-11H,6-9H2,1-2H3. The van der Waals surface area contributed by atoms with E-state index in [1.54, 1.807) is 19.1 Å². The van der Waals surface area contributed by atoms with Gasteiger partial charge in [-0.05, 0) is 12.1 Å². The number of benzene rings is 1. The number of carbonyl (C=O) groups is 1. The van der Waals surface area contributed by atoms with Crippen molar-refractivity contribution in [3.8, 4) is 17.2 Å². The van der Waals surface area contributed by atoms with E-state index in [1.165, 1.54) is 6.20 Å². The van der Waals surface area contributed by atoms with Gasteiger partial charge in [0.2, 0.25) is 5.75 Å². The Balaban J connectivity index is 1.63. The molecule has 8 heteroatoms. The molecule has 1 aliphatic rings. The minimum atomic E-state index is -0.0722. The Morgan fingerprint density at radius 3 is 2.42 bits per heavy atom. The van der Waals surface area contributed by atoms with Crippen LogP contribution >= 0.6 is 11.7 Å². The predicted molar refractivity (Wildman–Crippen MR) is 89.0 cm³/mol. The first kappa shape index (κ1) is 16.5. The first-order chi connectivity index (χ1) is 11.7. The number of hydrogen-bond donors (Lipinski definition) is 0. The molecular weight excluding hydrogens is 330 g/mol. The average Bonchev–Trinajstić information content (AvgIpc) is 3.16. The first-order valence-electron chi connectivity index (χ1n) is 7.67. The van der Waals surface area contributed by atoms with Gasteiger partial charge in [0.05, 0.1) is 32.1 Å². The number of hydrogen-bond acceptors (Lipinski definition) is 7. The van der Waals surface area contributed by atoms with Crippen molar-refractivity contribution >= 4 is 17.6 Å². The van der Waals surface area contributed by atoms with Gasteiger partial charge in [-0.3, -0.25) is 4.79 Å². The molecule has 7 nitrogen and oxygen atoms in total. The number of amides is 1. The maximum Gasteiger partial charge on any atom is 0.275 e. The second-order valence-corrected chi connectivity index (χ2v) is 5.95. The molecule has 0 aliphatic carbocycles. The molecule has 0 atom stereocenters. The van der Waals surface area contributed by atoms with Crippen LogP contribution in [0.15, 0.2) is 24.4 Å². The van der Waals surface area contributed by atoms with E-state index in [1.807, 2.05) is 18.2 Å². The van der Waals surface area contributed by atoms with E-state index >= 15 is 0 Å².